The Kier molecular flexibility index (Phi) is 3.65. The normalized spacial score (nSPS) is 11.6. The van der Waals surface area contributed by atoms with Crippen LogP contribution in [0.4, 0.5) is 6.01 Å². The Balaban J connectivity index is 2.11. The molecular formula is C16H14N2O4S. The Morgan fingerprint density at radius 2 is 1.70 bits per heavy atom. The van der Waals surface area contributed by atoms with Gasteiger partial charge in [0.1, 0.15) is 0 Å². The molecule has 0 bridgehead atoms. The van der Waals surface area contributed by atoms with Crippen LogP contribution >= 0.6 is 0 Å². The highest BCUT2D eigenvalue weighted by molar-refractivity contribution is 7.92. The van der Waals surface area contributed by atoms with E-state index in [9.17, 15) is 13.2 Å². The molecule has 0 N–H and O–H groups in total. The molecule has 1 aromatic heterocycles. The number of aryl methyl sites for hydroxylation is 1. The van der Waals surface area contributed by atoms with Crippen LogP contribution in [0.15, 0.2) is 62.6 Å². The van der Waals surface area contributed by atoms with Crippen LogP contribution < -0.4 is 9.93 Å². The summed E-state index contributed by atoms with van der Waals surface area (Å²) in [5.41, 5.74) is 0.697. The SMILES string of the molecule is Cc1ccc(S(=O)(=O)N(C)c2nc3ccccc3c(=O)o2)cc1. The van der Waals surface area contributed by atoms with Crippen LogP contribution in [0.2, 0.25) is 0 Å². The molecule has 23 heavy (non-hydrogen) atoms. The number of aromatic nitrogens is 1. The van der Waals surface area contributed by atoms with Crippen molar-refractivity contribution in [2.45, 2.75) is 11.8 Å². The molecule has 2 aromatic carbocycles. The summed E-state index contributed by atoms with van der Waals surface area (Å²) in [6, 6.07) is 12.7. The van der Waals surface area contributed by atoms with Crippen molar-refractivity contribution < 1.29 is 12.8 Å². The summed E-state index contributed by atoms with van der Waals surface area (Å²) in [7, 11) is -2.56. The van der Waals surface area contributed by atoms with Crippen molar-refractivity contribution in [1.82, 2.24) is 4.98 Å². The van der Waals surface area contributed by atoms with Gasteiger partial charge in [-0.1, -0.05) is 29.8 Å². The monoisotopic (exact) mass is 330 g/mol. The topological polar surface area (TPSA) is 80.5 Å². The van der Waals surface area contributed by atoms with Crippen LogP contribution in [0.3, 0.4) is 0 Å². The Bertz CT molecular complexity index is 1020. The molecule has 3 rings (SSSR count). The average Bonchev–Trinajstić information content (AvgIpc) is 2.54. The molecule has 0 spiro atoms. The van der Waals surface area contributed by atoms with Gasteiger partial charge in [-0.3, -0.25) is 0 Å². The van der Waals surface area contributed by atoms with E-state index in [0.717, 1.165) is 9.87 Å². The first-order chi connectivity index (χ1) is 10.9. The summed E-state index contributed by atoms with van der Waals surface area (Å²) in [6.07, 6.45) is 0. The van der Waals surface area contributed by atoms with Crippen molar-refractivity contribution in [2.75, 3.05) is 11.4 Å². The van der Waals surface area contributed by atoms with E-state index in [1.807, 2.05) is 6.92 Å². The van der Waals surface area contributed by atoms with Crippen LogP contribution in [0.25, 0.3) is 10.9 Å². The van der Waals surface area contributed by atoms with Gasteiger partial charge in [0.25, 0.3) is 10.0 Å². The van der Waals surface area contributed by atoms with Gasteiger partial charge in [0, 0.05) is 7.05 Å². The first-order valence-corrected chi connectivity index (χ1v) is 8.29. The third-order valence-corrected chi connectivity index (χ3v) is 5.22. The molecule has 6 nitrogen and oxygen atoms in total. The molecular weight excluding hydrogens is 316 g/mol. The Labute approximate surface area is 133 Å². The standard InChI is InChI=1S/C16H14N2O4S/c1-11-7-9-12(10-8-11)23(20,21)18(2)16-17-14-6-4-3-5-13(14)15(19)22-16/h3-10H,1-2H3. The van der Waals surface area contributed by atoms with Crippen LogP contribution in [-0.4, -0.2) is 20.4 Å². The number of hydrogen-bond donors (Lipinski definition) is 0. The Morgan fingerprint density at radius 1 is 1.04 bits per heavy atom. The maximum absolute atomic E-state index is 12.6. The molecule has 0 unspecified atom stereocenters. The summed E-state index contributed by atoms with van der Waals surface area (Å²) in [4.78, 5) is 16.2. The molecule has 0 aliphatic heterocycles. The highest BCUT2D eigenvalue weighted by atomic mass is 32.2. The van der Waals surface area contributed by atoms with Crippen molar-refractivity contribution >= 4 is 26.9 Å². The zero-order chi connectivity index (χ0) is 16.6. The molecule has 0 saturated carbocycles. The van der Waals surface area contributed by atoms with Gasteiger partial charge in [0.2, 0.25) is 0 Å². The van der Waals surface area contributed by atoms with Crippen LogP contribution in [0, 0.1) is 6.92 Å². The van der Waals surface area contributed by atoms with Gasteiger partial charge >= 0.3 is 11.6 Å². The summed E-state index contributed by atoms with van der Waals surface area (Å²) in [5, 5.41) is 0.303. The quantitative estimate of drug-likeness (QED) is 0.736. The molecule has 0 aliphatic rings. The lowest BCUT2D eigenvalue weighted by Gasteiger charge is -2.16. The van der Waals surface area contributed by atoms with E-state index in [-0.39, 0.29) is 10.9 Å². The molecule has 3 aromatic rings. The molecule has 0 fully saturated rings. The molecule has 0 aliphatic carbocycles. The minimum atomic E-state index is -3.86. The van der Waals surface area contributed by atoms with Gasteiger partial charge in [-0.15, -0.1) is 0 Å². The van der Waals surface area contributed by atoms with E-state index in [0.29, 0.717) is 10.9 Å². The minimum Gasteiger partial charge on any atom is -0.388 e. The number of rotatable bonds is 3. The van der Waals surface area contributed by atoms with Gasteiger partial charge in [-0.2, -0.15) is 4.98 Å². The summed E-state index contributed by atoms with van der Waals surface area (Å²) in [6.45, 7) is 1.87. The third kappa shape index (κ3) is 2.70. The lowest BCUT2D eigenvalue weighted by atomic mass is 10.2. The number of hydrogen-bond acceptors (Lipinski definition) is 5. The smallest absolute Gasteiger partial charge is 0.348 e. The third-order valence-electron chi connectivity index (χ3n) is 3.47. The van der Waals surface area contributed by atoms with Gasteiger partial charge < -0.3 is 4.42 Å². The molecule has 1 heterocycles. The number of anilines is 1. The largest absolute Gasteiger partial charge is 0.388 e. The summed E-state index contributed by atoms with van der Waals surface area (Å²) in [5.74, 6) is 0. The van der Waals surface area contributed by atoms with E-state index in [1.165, 1.54) is 19.2 Å². The highest BCUT2D eigenvalue weighted by Gasteiger charge is 2.25. The predicted octanol–water partition coefficient (Wildman–Crippen LogP) is 2.32. The maximum atomic E-state index is 12.6. The molecule has 0 radical (unpaired) electrons. The molecule has 0 atom stereocenters. The second kappa shape index (κ2) is 5.51. The molecule has 0 amide bonds. The van der Waals surface area contributed by atoms with E-state index < -0.39 is 15.6 Å². The van der Waals surface area contributed by atoms with Gasteiger partial charge in [-0.25, -0.2) is 17.5 Å². The van der Waals surface area contributed by atoms with Crippen LogP contribution in [0.5, 0.6) is 0 Å². The second-order valence-corrected chi connectivity index (χ2v) is 7.06. The lowest BCUT2D eigenvalue weighted by Crippen LogP contribution is -2.28. The molecule has 0 saturated heterocycles. The van der Waals surface area contributed by atoms with E-state index in [1.54, 1.807) is 36.4 Å². The van der Waals surface area contributed by atoms with Crippen LogP contribution in [0.1, 0.15) is 5.56 Å². The first kappa shape index (κ1) is 15.2. The second-order valence-electron chi connectivity index (χ2n) is 5.09. The zero-order valence-electron chi connectivity index (χ0n) is 12.6. The fourth-order valence-corrected chi connectivity index (χ4v) is 3.19. The van der Waals surface area contributed by atoms with Crippen molar-refractivity contribution in [3.8, 4) is 0 Å². The van der Waals surface area contributed by atoms with Crippen molar-refractivity contribution in [1.29, 1.82) is 0 Å². The van der Waals surface area contributed by atoms with Crippen LogP contribution in [-0.2, 0) is 10.0 Å². The number of benzene rings is 2. The number of para-hydroxylation sites is 1. The summed E-state index contributed by atoms with van der Waals surface area (Å²) >= 11 is 0. The predicted molar refractivity (Wildman–Crippen MR) is 87.0 cm³/mol. The van der Waals surface area contributed by atoms with E-state index in [4.69, 9.17) is 4.42 Å². The fraction of sp³-hybridized carbons (Fsp3) is 0.125. The summed E-state index contributed by atoms with van der Waals surface area (Å²) < 4.78 is 31.2. The molecule has 7 heteroatoms. The first-order valence-electron chi connectivity index (χ1n) is 6.85. The number of nitrogens with zero attached hydrogens (tertiary/aromatic N) is 2. The fourth-order valence-electron chi connectivity index (χ4n) is 2.11. The maximum Gasteiger partial charge on any atom is 0.348 e. The van der Waals surface area contributed by atoms with E-state index >= 15 is 0 Å². The van der Waals surface area contributed by atoms with Gasteiger partial charge in [0.05, 0.1) is 15.8 Å². The lowest BCUT2D eigenvalue weighted by molar-refractivity contribution is 0.505. The van der Waals surface area contributed by atoms with Crippen molar-refractivity contribution in [3.63, 3.8) is 0 Å². The van der Waals surface area contributed by atoms with Gasteiger partial charge in [-0.05, 0) is 31.2 Å². The average molecular weight is 330 g/mol. The van der Waals surface area contributed by atoms with Crippen molar-refractivity contribution in [3.05, 3.63) is 64.5 Å². The highest BCUT2D eigenvalue weighted by Crippen LogP contribution is 2.21. The zero-order valence-corrected chi connectivity index (χ0v) is 13.4. The van der Waals surface area contributed by atoms with E-state index in [2.05, 4.69) is 4.98 Å². The molecule has 118 valence electrons. The Hall–Kier alpha value is -2.67. The minimum absolute atomic E-state index is 0.100. The number of sulfonamides is 1. The Morgan fingerprint density at radius 3 is 2.39 bits per heavy atom. The van der Waals surface area contributed by atoms with Crippen molar-refractivity contribution in [2.24, 2.45) is 0 Å². The number of fused-ring (bicyclic) bond motifs is 1. The van der Waals surface area contributed by atoms with Gasteiger partial charge in [0.15, 0.2) is 0 Å².